The number of thiophene rings is 1. The van der Waals surface area contributed by atoms with E-state index in [0.29, 0.717) is 18.3 Å². The van der Waals surface area contributed by atoms with Crippen molar-refractivity contribution >= 4 is 17.3 Å². The Morgan fingerprint density at radius 2 is 1.95 bits per heavy atom. The lowest BCUT2D eigenvalue weighted by atomic mass is 10.0. The lowest BCUT2D eigenvalue weighted by molar-refractivity contribution is 0.0697. The molecule has 0 bridgehead atoms. The molecule has 1 heterocycles. The molecule has 0 atom stereocenters. The van der Waals surface area contributed by atoms with Crippen LogP contribution in [0.1, 0.15) is 52.4 Å². The molecule has 3 nitrogen and oxygen atoms in total. The van der Waals surface area contributed by atoms with Crippen LogP contribution in [0.25, 0.3) is 0 Å². The molecule has 0 aliphatic rings. The lowest BCUT2D eigenvalue weighted by Gasteiger charge is -2.08. The van der Waals surface area contributed by atoms with E-state index in [-0.39, 0.29) is 4.88 Å². The van der Waals surface area contributed by atoms with Gasteiger partial charge in [0.15, 0.2) is 4.88 Å². The molecule has 0 aliphatic heterocycles. The zero-order valence-corrected chi connectivity index (χ0v) is 13.4. The van der Waals surface area contributed by atoms with Gasteiger partial charge in [-0.15, -0.1) is 11.3 Å². The van der Waals surface area contributed by atoms with Gasteiger partial charge in [0.05, 0.1) is 0 Å². The molecular formula is C17H20O3S. The van der Waals surface area contributed by atoms with Crippen molar-refractivity contribution in [2.45, 2.75) is 39.7 Å². The Bertz CT molecular complexity index is 611. The smallest absolute Gasteiger partial charge is 0.349 e. The normalized spacial score (nSPS) is 10.9. The van der Waals surface area contributed by atoms with Crippen molar-refractivity contribution in [1.29, 1.82) is 0 Å². The van der Waals surface area contributed by atoms with Gasteiger partial charge in [-0.3, -0.25) is 0 Å². The standard InChI is InChI=1S/C17H20O3S/c1-4-14-9-15(16(21-14)17(18)19)20-10-12-5-7-13(8-6-12)11(2)3/h5-9,11H,4,10H2,1-3H3,(H,18,19). The predicted molar refractivity (Wildman–Crippen MR) is 85.5 cm³/mol. The molecule has 0 fully saturated rings. The summed E-state index contributed by atoms with van der Waals surface area (Å²) in [6.45, 7) is 6.70. The van der Waals surface area contributed by atoms with E-state index in [2.05, 4.69) is 26.0 Å². The second kappa shape index (κ2) is 6.76. The van der Waals surface area contributed by atoms with Gasteiger partial charge < -0.3 is 9.84 Å². The Hall–Kier alpha value is -1.81. The molecule has 0 radical (unpaired) electrons. The summed E-state index contributed by atoms with van der Waals surface area (Å²) in [5, 5.41) is 9.20. The van der Waals surface area contributed by atoms with Crippen molar-refractivity contribution in [3.05, 3.63) is 51.2 Å². The van der Waals surface area contributed by atoms with Crippen molar-refractivity contribution in [2.75, 3.05) is 0 Å². The first-order valence-corrected chi connectivity index (χ1v) is 7.90. The van der Waals surface area contributed by atoms with Gasteiger partial charge >= 0.3 is 5.97 Å². The number of benzene rings is 1. The van der Waals surface area contributed by atoms with E-state index in [1.165, 1.54) is 16.9 Å². The van der Waals surface area contributed by atoms with Crippen molar-refractivity contribution in [2.24, 2.45) is 0 Å². The lowest BCUT2D eigenvalue weighted by Crippen LogP contribution is -2.00. The van der Waals surface area contributed by atoms with Crippen LogP contribution in [0.2, 0.25) is 0 Å². The van der Waals surface area contributed by atoms with Gasteiger partial charge in [-0.1, -0.05) is 45.0 Å². The molecule has 0 unspecified atom stereocenters. The van der Waals surface area contributed by atoms with Gasteiger partial charge in [-0.25, -0.2) is 4.79 Å². The van der Waals surface area contributed by atoms with Crippen molar-refractivity contribution in [3.63, 3.8) is 0 Å². The molecule has 2 rings (SSSR count). The number of carbonyl (C=O) groups is 1. The van der Waals surface area contributed by atoms with Gasteiger partial charge in [0.25, 0.3) is 0 Å². The fourth-order valence-corrected chi connectivity index (χ4v) is 2.89. The van der Waals surface area contributed by atoms with Crippen LogP contribution in [0.15, 0.2) is 30.3 Å². The molecule has 21 heavy (non-hydrogen) atoms. The highest BCUT2D eigenvalue weighted by atomic mass is 32.1. The molecule has 0 spiro atoms. The molecule has 0 saturated carbocycles. The monoisotopic (exact) mass is 304 g/mol. The molecule has 1 N–H and O–H groups in total. The third kappa shape index (κ3) is 3.85. The van der Waals surface area contributed by atoms with E-state index in [0.717, 1.165) is 16.9 Å². The zero-order chi connectivity index (χ0) is 15.4. The maximum atomic E-state index is 11.2. The van der Waals surface area contributed by atoms with Crippen LogP contribution >= 0.6 is 11.3 Å². The molecule has 2 aromatic rings. The topological polar surface area (TPSA) is 46.5 Å². The third-order valence-corrected chi connectivity index (χ3v) is 4.58. The number of ether oxygens (including phenoxy) is 1. The Morgan fingerprint density at radius 1 is 1.29 bits per heavy atom. The van der Waals surface area contributed by atoms with Crippen LogP contribution < -0.4 is 4.74 Å². The van der Waals surface area contributed by atoms with Crippen LogP contribution in [0.3, 0.4) is 0 Å². The number of aryl methyl sites for hydroxylation is 1. The van der Waals surface area contributed by atoms with Crippen molar-refractivity contribution in [1.82, 2.24) is 0 Å². The first-order valence-electron chi connectivity index (χ1n) is 7.09. The van der Waals surface area contributed by atoms with Crippen LogP contribution in [0, 0.1) is 0 Å². The summed E-state index contributed by atoms with van der Waals surface area (Å²) in [7, 11) is 0. The minimum absolute atomic E-state index is 0.283. The largest absolute Gasteiger partial charge is 0.487 e. The molecule has 4 heteroatoms. The Kier molecular flexibility index (Phi) is 5.02. The van der Waals surface area contributed by atoms with Gasteiger partial charge in [0, 0.05) is 4.88 Å². The number of aromatic carboxylic acids is 1. The van der Waals surface area contributed by atoms with Crippen molar-refractivity contribution in [3.8, 4) is 5.75 Å². The number of rotatable bonds is 6. The summed E-state index contributed by atoms with van der Waals surface area (Å²) in [6.07, 6.45) is 0.817. The number of hydrogen-bond donors (Lipinski definition) is 1. The zero-order valence-electron chi connectivity index (χ0n) is 12.6. The maximum Gasteiger partial charge on any atom is 0.349 e. The molecule has 1 aromatic carbocycles. The van der Waals surface area contributed by atoms with Crippen molar-refractivity contribution < 1.29 is 14.6 Å². The van der Waals surface area contributed by atoms with Gasteiger partial charge in [-0.2, -0.15) is 0 Å². The summed E-state index contributed by atoms with van der Waals surface area (Å²) >= 11 is 1.28. The fourth-order valence-electron chi connectivity index (χ4n) is 2.01. The SMILES string of the molecule is CCc1cc(OCc2ccc(C(C)C)cc2)c(C(=O)O)s1. The summed E-state index contributed by atoms with van der Waals surface area (Å²) in [4.78, 5) is 12.5. The second-order valence-corrected chi connectivity index (χ2v) is 6.39. The van der Waals surface area contributed by atoms with Gasteiger partial charge in [-0.05, 0) is 29.5 Å². The van der Waals surface area contributed by atoms with E-state index in [4.69, 9.17) is 4.74 Å². The first-order chi connectivity index (χ1) is 10.0. The number of carboxylic acids is 1. The van der Waals surface area contributed by atoms with E-state index in [1.54, 1.807) is 0 Å². The van der Waals surface area contributed by atoms with E-state index >= 15 is 0 Å². The highest BCUT2D eigenvalue weighted by molar-refractivity contribution is 7.14. The average Bonchev–Trinajstić information content (AvgIpc) is 2.89. The summed E-state index contributed by atoms with van der Waals surface area (Å²) < 4.78 is 5.70. The molecular weight excluding hydrogens is 284 g/mol. The predicted octanol–water partition coefficient (Wildman–Crippen LogP) is 4.71. The Morgan fingerprint density at radius 3 is 2.48 bits per heavy atom. The summed E-state index contributed by atoms with van der Waals surface area (Å²) in [5.74, 6) is 0.0460. The summed E-state index contributed by atoms with van der Waals surface area (Å²) in [5.41, 5.74) is 2.33. The van der Waals surface area contributed by atoms with Crippen LogP contribution in [-0.4, -0.2) is 11.1 Å². The Balaban J connectivity index is 2.08. The molecule has 112 valence electrons. The minimum atomic E-state index is -0.926. The number of hydrogen-bond acceptors (Lipinski definition) is 3. The van der Waals surface area contributed by atoms with E-state index in [9.17, 15) is 9.90 Å². The first kappa shape index (κ1) is 15.6. The summed E-state index contributed by atoms with van der Waals surface area (Å²) in [6, 6.07) is 10.1. The highest BCUT2D eigenvalue weighted by Gasteiger charge is 2.16. The Labute approximate surface area is 129 Å². The fraction of sp³-hybridized carbons (Fsp3) is 0.353. The van der Waals surface area contributed by atoms with Gasteiger partial charge in [0.1, 0.15) is 12.4 Å². The highest BCUT2D eigenvalue weighted by Crippen LogP contribution is 2.30. The third-order valence-electron chi connectivity index (χ3n) is 3.33. The average molecular weight is 304 g/mol. The molecule has 1 aromatic heterocycles. The van der Waals surface area contributed by atoms with Crippen LogP contribution in [0.5, 0.6) is 5.75 Å². The van der Waals surface area contributed by atoms with Gasteiger partial charge in [0.2, 0.25) is 0 Å². The number of carboxylic acid groups (broad SMARTS) is 1. The quantitative estimate of drug-likeness (QED) is 0.840. The molecule has 0 amide bonds. The van der Waals surface area contributed by atoms with Crippen LogP contribution in [0.4, 0.5) is 0 Å². The van der Waals surface area contributed by atoms with Crippen LogP contribution in [-0.2, 0) is 13.0 Å². The minimum Gasteiger partial charge on any atom is -0.487 e. The molecule has 0 aliphatic carbocycles. The van der Waals surface area contributed by atoms with E-state index in [1.807, 2.05) is 25.1 Å². The molecule has 0 saturated heterocycles. The van der Waals surface area contributed by atoms with E-state index < -0.39 is 5.97 Å². The second-order valence-electron chi connectivity index (χ2n) is 5.25. The maximum absolute atomic E-state index is 11.2.